The smallest absolute Gasteiger partial charge is 0.242 e. The molecule has 0 radical (unpaired) electrons. The zero-order chi connectivity index (χ0) is 14.2. The minimum Gasteiger partial charge on any atom is -0.398 e. The molecule has 8 heteroatoms. The van der Waals surface area contributed by atoms with Crippen LogP contribution in [0.5, 0.6) is 0 Å². The standard InChI is InChI=1S/C11H14BrClN2O3S/c1-6-9(2-3-18-6)15-19(16,17)10-5-7(13)4-8(14)11(10)12/h4-6,9,15H,2-3,14H2,1H3. The van der Waals surface area contributed by atoms with Gasteiger partial charge in [0.05, 0.1) is 21.5 Å². The highest BCUT2D eigenvalue weighted by Crippen LogP contribution is 2.32. The lowest BCUT2D eigenvalue weighted by atomic mass is 10.2. The first kappa shape index (κ1) is 15.1. The Balaban J connectivity index is 2.34. The highest BCUT2D eigenvalue weighted by atomic mass is 79.9. The summed E-state index contributed by atoms with van der Waals surface area (Å²) >= 11 is 9.04. The van der Waals surface area contributed by atoms with Crippen molar-refractivity contribution in [1.29, 1.82) is 0 Å². The van der Waals surface area contributed by atoms with Crippen LogP contribution in [-0.2, 0) is 14.8 Å². The molecule has 19 heavy (non-hydrogen) atoms. The minimum atomic E-state index is -3.69. The van der Waals surface area contributed by atoms with Gasteiger partial charge in [0.2, 0.25) is 10.0 Å². The second-order valence-electron chi connectivity index (χ2n) is 4.40. The van der Waals surface area contributed by atoms with Crippen molar-refractivity contribution in [2.24, 2.45) is 0 Å². The fourth-order valence-corrected chi connectivity index (χ4v) is 4.56. The van der Waals surface area contributed by atoms with Gasteiger partial charge in [0.15, 0.2) is 0 Å². The molecule has 2 atom stereocenters. The van der Waals surface area contributed by atoms with Crippen LogP contribution in [0.3, 0.4) is 0 Å². The molecule has 1 saturated heterocycles. The number of nitrogens with two attached hydrogens (primary N) is 1. The number of nitrogens with one attached hydrogen (secondary N) is 1. The molecular weight excluding hydrogens is 356 g/mol. The van der Waals surface area contributed by atoms with Gasteiger partial charge in [-0.2, -0.15) is 0 Å². The number of sulfonamides is 1. The van der Waals surface area contributed by atoms with Crippen molar-refractivity contribution in [3.8, 4) is 0 Å². The second-order valence-corrected chi connectivity index (χ2v) is 7.31. The van der Waals surface area contributed by atoms with E-state index in [1.54, 1.807) is 0 Å². The van der Waals surface area contributed by atoms with E-state index in [4.69, 9.17) is 22.1 Å². The molecule has 0 aliphatic carbocycles. The van der Waals surface area contributed by atoms with Gasteiger partial charge in [-0.05, 0) is 41.4 Å². The SMILES string of the molecule is CC1OCCC1NS(=O)(=O)c1cc(Cl)cc(N)c1Br. The number of rotatable bonds is 3. The van der Waals surface area contributed by atoms with E-state index in [0.29, 0.717) is 17.5 Å². The molecule has 3 N–H and O–H groups in total. The lowest BCUT2D eigenvalue weighted by Crippen LogP contribution is -2.39. The molecule has 0 amide bonds. The van der Waals surface area contributed by atoms with Crippen LogP contribution in [0.2, 0.25) is 5.02 Å². The first-order valence-electron chi connectivity index (χ1n) is 5.69. The van der Waals surface area contributed by atoms with Crippen LogP contribution in [0.15, 0.2) is 21.5 Å². The molecule has 106 valence electrons. The Morgan fingerprint density at radius 2 is 2.21 bits per heavy atom. The molecule has 5 nitrogen and oxygen atoms in total. The van der Waals surface area contributed by atoms with E-state index in [-0.39, 0.29) is 27.8 Å². The quantitative estimate of drug-likeness (QED) is 0.800. The Morgan fingerprint density at radius 1 is 1.53 bits per heavy atom. The molecule has 1 aliphatic heterocycles. The number of benzene rings is 1. The maximum atomic E-state index is 12.3. The van der Waals surface area contributed by atoms with Crippen LogP contribution in [0.4, 0.5) is 5.69 Å². The Kier molecular flexibility index (Phi) is 4.42. The fraction of sp³-hybridized carbons (Fsp3) is 0.455. The van der Waals surface area contributed by atoms with E-state index in [2.05, 4.69) is 20.7 Å². The van der Waals surface area contributed by atoms with E-state index in [1.165, 1.54) is 12.1 Å². The third kappa shape index (κ3) is 3.22. The fourth-order valence-electron chi connectivity index (χ4n) is 1.93. The van der Waals surface area contributed by atoms with Crippen molar-refractivity contribution in [3.63, 3.8) is 0 Å². The second kappa shape index (κ2) is 5.57. The van der Waals surface area contributed by atoms with Crippen LogP contribution < -0.4 is 10.5 Å². The minimum absolute atomic E-state index is 0.0385. The zero-order valence-electron chi connectivity index (χ0n) is 10.2. The van der Waals surface area contributed by atoms with Crippen LogP contribution in [0, 0.1) is 0 Å². The number of hydrogen-bond donors (Lipinski definition) is 2. The molecule has 1 heterocycles. The predicted octanol–water partition coefficient (Wildman–Crippen LogP) is 2.14. The van der Waals surface area contributed by atoms with Gasteiger partial charge in [-0.1, -0.05) is 11.6 Å². The molecule has 0 spiro atoms. The van der Waals surface area contributed by atoms with Crippen LogP contribution in [-0.4, -0.2) is 27.2 Å². The summed E-state index contributed by atoms with van der Waals surface area (Å²) in [6, 6.07) is 2.62. The van der Waals surface area contributed by atoms with Gasteiger partial charge in [0, 0.05) is 17.3 Å². The molecule has 2 unspecified atom stereocenters. The van der Waals surface area contributed by atoms with Crippen molar-refractivity contribution < 1.29 is 13.2 Å². The van der Waals surface area contributed by atoms with Crippen molar-refractivity contribution in [2.75, 3.05) is 12.3 Å². The van der Waals surface area contributed by atoms with E-state index in [1.807, 2.05) is 6.92 Å². The number of halogens is 2. The molecule has 1 aliphatic rings. The van der Waals surface area contributed by atoms with E-state index in [0.717, 1.165) is 0 Å². The first-order chi connectivity index (χ1) is 8.81. The molecule has 1 aromatic carbocycles. The van der Waals surface area contributed by atoms with E-state index >= 15 is 0 Å². The molecule has 1 aromatic rings. The average Bonchev–Trinajstić information content (AvgIpc) is 2.69. The summed E-state index contributed by atoms with van der Waals surface area (Å²) in [5, 5.41) is 0.275. The Hall–Kier alpha value is -0.340. The summed E-state index contributed by atoms with van der Waals surface area (Å²) in [6.07, 6.45) is 0.499. The Morgan fingerprint density at radius 3 is 2.79 bits per heavy atom. The summed E-state index contributed by atoms with van der Waals surface area (Å²) in [5.74, 6) is 0. The normalized spacial score (nSPS) is 23.7. The molecular formula is C11H14BrClN2O3S. The third-order valence-corrected chi connectivity index (χ3v) is 5.88. The molecule has 0 bridgehead atoms. The number of anilines is 1. The highest BCUT2D eigenvalue weighted by Gasteiger charge is 2.30. The molecule has 1 fully saturated rings. The van der Waals surface area contributed by atoms with Crippen molar-refractivity contribution in [3.05, 3.63) is 21.6 Å². The van der Waals surface area contributed by atoms with Crippen molar-refractivity contribution >= 4 is 43.2 Å². The Bertz CT molecular complexity index is 594. The number of ether oxygens (including phenoxy) is 1. The van der Waals surface area contributed by atoms with E-state index in [9.17, 15) is 8.42 Å². The van der Waals surface area contributed by atoms with Gasteiger partial charge in [0.1, 0.15) is 0 Å². The maximum Gasteiger partial charge on any atom is 0.242 e. The van der Waals surface area contributed by atoms with Gasteiger partial charge in [-0.3, -0.25) is 0 Å². The lowest BCUT2D eigenvalue weighted by molar-refractivity contribution is 0.117. The van der Waals surface area contributed by atoms with Gasteiger partial charge in [0.25, 0.3) is 0 Å². The lowest BCUT2D eigenvalue weighted by Gasteiger charge is -2.17. The average molecular weight is 370 g/mol. The van der Waals surface area contributed by atoms with Gasteiger partial charge in [-0.15, -0.1) is 0 Å². The summed E-state index contributed by atoms with van der Waals surface area (Å²) < 4.78 is 33.0. The van der Waals surface area contributed by atoms with E-state index < -0.39 is 10.0 Å². The summed E-state index contributed by atoms with van der Waals surface area (Å²) in [5.41, 5.74) is 5.99. The van der Waals surface area contributed by atoms with Crippen molar-refractivity contribution in [1.82, 2.24) is 4.72 Å². The zero-order valence-corrected chi connectivity index (χ0v) is 13.3. The monoisotopic (exact) mass is 368 g/mol. The van der Waals surface area contributed by atoms with Gasteiger partial charge in [-0.25, -0.2) is 13.1 Å². The Labute approximate surface area is 125 Å². The highest BCUT2D eigenvalue weighted by molar-refractivity contribution is 9.10. The van der Waals surface area contributed by atoms with Crippen molar-refractivity contribution in [2.45, 2.75) is 30.4 Å². The molecule has 0 saturated carbocycles. The molecule has 2 rings (SSSR count). The predicted molar refractivity (Wildman–Crippen MR) is 77.7 cm³/mol. The van der Waals surface area contributed by atoms with Crippen LogP contribution in [0.1, 0.15) is 13.3 Å². The summed E-state index contributed by atoms with van der Waals surface area (Å²) in [4.78, 5) is 0.0385. The summed E-state index contributed by atoms with van der Waals surface area (Å²) in [7, 11) is -3.69. The first-order valence-corrected chi connectivity index (χ1v) is 8.35. The van der Waals surface area contributed by atoms with Gasteiger partial charge < -0.3 is 10.5 Å². The third-order valence-electron chi connectivity index (χ3n) is 3.00. The number of hydrogen-bond acceptors (Lipinski definition) is 4. The van der Waals surface area contributed by atoms with Gasteiger partial charge >= 0.3 is 0 Å². The largest absolute Gasteiger partial charge is 0.398 e. The number of nitrogen functional groups attached to an aromatic ring is 1. The topological polar surface area (TPSA) is 81.4 Å². The molecule has 0 aromatic heterocycles. The summed E-state index contributed by atoms with van der Waals surface area (Å²) in [6.45, 7) is 2.38. The maximum absolute atomic E-state index is 12.3. The van der Waals surface area contributed by atoms with Crippen LogP contribution >= 0.6 is 27.5 Å². The van der Waals surface area contributed by atoms with Crippen LogP contribution in [0.25, 0.3) is 0 Å².